The summed E-state index contributed by atoms with van der Waals surface area (Å²) in [7, 11) is 1.37. The molecule has 0 heterocycles. The van der Waals surface area contributed by atoms with E-state index in [1.807, 2.05) is 12.2 Å². The van der Waals surface area contributed by atoms with Gasteiger partial charge in [0, 0.05) is 6.08 Å². The molecule has 0 aliphatic heterocycles. The van der Waals surface area contributed by atoms with Crippen LogP contribution in [0.4, 0.5) is 0 Å². The van der Waals surface area contributed by atoms with Crippen molar-refractivity contribution in [1.29, 1.82) is 0 Å². The molecule has 0 aromatic heterocycles. The molecule has 0 amide bonds. The fraction of sp³-hybridized carbons (Fsp3) is 0.417. The predicted molar refractivity (Wildman–Crippen MR) is 59.0 cm³/mol. The lowest BCUT2D eigenvalue weighted by Crippen LogP contribution is -1.92. The maximum atomic E-state index is 10.6. The fourth-order valence-corrected chi connectivity index (χ4v) is 0.854. The van der Waals surface area contributed by atoms with Crippen LogP contribution in [0.5, 0.6) is 0 Å². The number of carbonyl (C=O) groups excluding carboxylic acids is 1. The number of ether oxygens (including phenoxy) is 1. The predicted octanol–water partition coefficient (Wildman–Crippen LogP) is 3.02. The van der Waals surface area contributed by atoms with Crippen molar-refractivity contribution in [3.05, 3.63) is 36.5 Å². The third-order valence-electron chi connectivity index (χ3n) is 1.58. The van der Waals surface area contributed by atoms with Crippen LogP contribution >= 0.6 is 0 Å². The molecule has 0 unspecified atom stereocenters. The van der Waals surface area contributed by atoms with E-state index in [4.69, 9.17) is 0 Å². The lowest BCUT2D eigenvalue weighted by atomic mass is 10.2. The molecule has 0 saturated carbocycles. The Kier molecular flexibility index (Phi) is 8.86. The van der Waals surface area contributed by atoms with Crippen LogP contribution < -0.4 is 0 Å². The quantitative estimate of drug-likeness (QED) is 0.213. The van der Waals surface area contributed by atoms with Gasteiger partial charge >= 0.3 is 5.97 Å². The topological polar surface area (TPSA) is 26.3 Å². The van der Waals surface area contributed by atoms with Gasteiger partial charge in [-0.3, -0.25) is 0 Å². The van der Waals surface area contributed by atoms with Crippen molar-refractivity contribution in [1.82, 2.24) is 0 Å². The summed E-state index contributed by atoms with van der Waals surface area (Å²) in [6.45, 7) is 2.12. The molecule has 0 bridgehead atoms. The Balaban J connectivity index is 3.49. The number of esters is 1. The van der Waals surface area contributed by atoms with Crippen molar-refractivity contribution in [3.8, 4) is 0 Å². The molecule has 0 saturated heterocycles. The van der Waals surface area contributed by atoms with E-state index in [0.29, 0.717) is 0 Å². The Bertz CT molecular complexity index is 224. The summed E-state index contributed by atoms with van der Waals surface area (Å²) in [6, 6.07) is 0. The number of carbonyl (C=O) groups is 1. The molecule has 0 spiro atoms. The van der Waals surface area contributed by atoms with Gasteiger partial charge in [-0.05, 0) is 19.3 Å². The minimum Gasteiger partial charge on any atom is -0.466 e. The van der Waals surface area contributed by atoms with Gasteiger partial charge in [0.25, 0.3) is 0 Å². The van der Waals surface area contributed by atoms with Crippen LogP contribution in [-0.2, 0) is 9.53 Å². The number of hydrogen-bond acceptors (Lipinski definition) is 2. The number of rotatable bonds is 6. The Morgan fingerprint density at radius 1 is 1.14 bits per heavy atom. The van der Waals surface area contributed by atoms with Crippen LogP contribution in [0.1, 0.15) is 26.2 Å². The number of methoxy groups -OCH3 is 1. The molecule has 2 heteroatoms. The Morgan fingerprint density at radius 3 is 2.50 bits per heavy atom. The summed E-state index contributed by atoms with van der Waals surface area (Å²) in [5, 5.41) is 0. The van der Waals surface area contributed by atoms with Gasteiger partial charge in [0.15, 0.2) is 0 Å². The average molecular weight is 194 g/mol. The average Bonchev–Trinajstić information content (AvgIpc) is 2.21. The van der Waals surface area contributed by atoms with Crippen molar-refractivity contribution in [2.75, 3.05) is 7.11 Å². The molecule has 14 heavy (non-hydrogen) atoms. The first-order valence-electron chi connectivity index (χ1n) is 4.87. The maximum absolute atomic E-state index is 10.6. The highest BCUT2D eigenvalue weighted by molar-refractivity contribution is 5.82. The Morgan fingerprint density at radius 2 is 1.86 bits per heavy atom. The molecule has 78 valence electrons. The zero-order valence-electron chi connectivity index (χ0n) is 8.90. The van der Waals surface area contributed by atoms with E-state index in [9.17, 15) is 4.79 Å². The van der Waals surface area contributed by atoms with Gasteiger partial charge in [-0.25, -0.2) is 4.79 Å². The highest BCUT2D eigenvalue weighted by atomic mass is 16.5. The lowest BCUT2D eigenvalue weighted by Gasteiger charge is -1.87. The molecule has 0 aromatic carbocycles. The number of unbranched alkanes of at least 4 members (excludes halogenated alkanes) is 1. The van der Waals surface area contributed by atoms with E-state index in [1.54, 1.807) is 6.08 Å². The summed E-state index contributed by atoms with van der Waals surface area (Å²) in [4.78, 5) is 10.6. The molecule has 0 rings (SSSR count). The molecular formula is C12H18O2. The highest BCUT2D eigenvalue weighted by Gasteiger charge is 1.86. The minimum absolute atomic E-state index is 0.319. The molecule has 2 nitrogen and oxygen atoms in total. The second-order valence-corrected chi connectivity index (χ2v) is 2.77. The van der Waals surface area contributed by atoms with Gasteiger partial charge in [0.05, 0.1) is 7.11 Å². The van der Waals surface area contributed by atoms with E-state index < -0.39 is 0 Å². The Labute approximate surface area is 86.0 Å². The van der Waals surface area contributed by atoms with Crippen LogP contribution in [0, 0.1) is 0 Å². The molecular weight excluding hydrogens is 176 g/mol. The first-order valence-corrected chi connectivity index (χ1v) is 4.87. The van der Waals surface area contributed by atoms with Crippen molar-refractivity contribution in [2.24, 2.45) is 0 Å². The summed E-state index contributed by atoms with van der Waals surface area (Å²) in [5.41, 5.74) is 0. The van der Waals surface area contributed by atoms with E-state index in [-0.39, 0.29) is 5.97 Å². The van der Waals surface area contributed by atoms with E-state index in [1.165, 1.54) is 13.2 Å². The lowest BCUT2D eigenvalue weighted by molar-refractivity contribution is -0.134. The van der Waals surface area contributed by atoms with E-state index in [2.05, 4.69) is 23.8 Å². The molecule has 0 aliphatic rings. The molecule has 0 atom stereocenters. The Hall–Kier alpha value is -1.31. The first-order chi connectivity index (χ1) is 6.81. The fourth-order valence-electron chi connectivity index (χ4n) is 0.854. The zero-order valence-corrected chi connectivity index (χ0v) is 8.90. The molecule has 0 aromatic rings. The first kappa shape index (κ1) is 12.7. The van der Waals surface area contributed by atoms with Crippen molar-refractivity contribution >= 4 is 5.97 Å². The second-order valence-electron chi connectivity index (χ2n) is 2.77. The summed E-state index contributed by atoms with van der Waals surface area (Å²) in [6.07, 6.45) is 14.4. The highest BCUT2D eigenvalue weighted by Crippen LogP contribution is 1.94. The van der Waals surface area contributed by atoms with Gasteiger partial charge in [-0.2, -0.15) is 0 Å². The zero-order chi connectivity index (χ0) is 10.6. The van der Waals surface area contributed by atoms with Crippen LogP contribution in [0.15, 0.2) is 36.5 Å². The van der Waals surface area contributed by atoms with Crippen LogP contribution in [0.25, 0.3) is 0 Å². The minimum atomic E-state index is -0.319. The summed E-state index contributed by atoms with van der Waals surface area (Å²) < 4.78 is 4.44. The van der Waals surface area contributed by atoms with Crippen molar-refractivity contribution < 1.29 is 9.53 Å². The SMILES string of the molecule is CCC=CCCC=CC=CC(=O)OC. The van der Waals surface area contributed by atoms with E-state index in [0.717, 1.165) is 19.3 Å². The monoisotopic (exact) mass is 194 g/mol. The van der Waals surface area contributed by atoms with Gasteiger partial charge in [-0.1, -0.05) is 37.3 Å². The van der Waals surface area contributed by atoms with E-state index >= 15 is 0 Å². The third kappa shape index (κ3) is 8.78. The maximum Gasteiger partial charge on any atom is 0.330 e. The smallest absolute Gasteiger partial charge is 0.330 e. The van der Waals surface area contributed by atoms with Gasteiger partial charge < -0.3 is 4.74 Å². The summed E-state index contributed by atoms with van der Waals surface area (Å²) >= 11 is 0. The summed E-state index contributed by atoms with van der Waals surface area (Å²) in [5.74, 6) is -0.319. The molecule has 0 aliphatic carbocycles. The standard InChI is InChI=1S/C12H18O2/c1-3-4-5-6-7-8-9-10-11-12(13)14-2/h4-5,8-11H,3,6-7H2,1-2H3. The van der Waals surface area contributed by atoms with Crippen molar-refractivity contribution in [3.63, 3.8) is 0 Å². The van der Waals surface area contributed by atoms with Crippen LogP contribution in [0.3, 0.4) is 0 Å². The van der Waals surface area contributed by atoms with Crippen molar-refractivity contribution in [2.45, 2.75) is 26.2 Å². The third-order valence-corrected chi connectivity index (χ3v) is 1.58. The molecule has 0 N–H and O–H groups in total. The largest absolute Gasteiger partial charge is 0.466 e. The molecule has 0 fully saturated rings. The van der Waals surface area contributed by atoms with Crippen LogP contribution in [0.2, 0.25) is 0 Å². The second kappa shape index (κ2) is 9.78. The molecule has 0 radical (unpaired) electrons. The number of allylic oxidation sites excluding steroid dienone is 5. The number of hydrogen-bond donors (Lipinski definition) is 0. The van der Waals surface area contributed by atoms with Crippen LogP contribution in [-0.4, -0.2) is 13.1 Å². The van der Waals surface area contributed by atoms with Gasteiger partial charge in [-0.15, -0.1) is 0 Å². The normalized spacial score (nSPS) is 11.9. The van der Waals surface area contributed by atoms with Gasteiger partial charge in [0.1, 0.15) is 0 Å². The van der Waals surface area contributed by atoms with Gasteiger partial charge in [0.2, 0.25) is 0 Å².